The zero-order chi connectivity index (χ0) is 19.2. The van der Waals surface area contributed by atoms with Crippen LogP contribution in [0.3, 0.4) is 0 Å². The Kier molecular flexibility index (Phi) is 5.91. The molecule has 1 saturated carbocycles. The molecule has 2 aromatic carbocycles. The van der Waals surface area contributed by atoms with Gasteiger partial charge >= 0.3 is 0 Å². The number of ether oxygens (including phenoxy) is 2. The molecule has 28 heavy (non-hydrogen) atoms. The number of hydrogen-bond acceptors (Lipinski definition) is 3. The maximum atomic E-state index is 6.34. The van der Waals surface area contributed by atoms with Crippen molar-refractivity contribution >= 4 is 0 Å². The molecule has 3 heteroatoms. The highest BCUT2D eigenvalue weighted by atomic mass is 16.5. The average molecular weight is 373 g/mol. The van der Waals surface area contributed by atoms with Gasteiger partial charge in [0.1, 0.15) is 0 Å². The van der Waals surface area contributed by atoms with Gasteiger partial charge in [-0.25, -0.2) is 0 Å². The molecule has 1 atom stereocenters. The van der Waals surface area contributed by atoms with E-state index in [9.17, 15) is 0 Å². The fourth-order valence-electron chi connectivity index (χ4n) is 4.06. The highest BCUT2D eigenvalue weighted by Gasteiger charge is 2.21. The molecule has 144 valence electrons. The average Bonchev–Trinajstić information content (AvgIpc) is 3.26. The van der Waals surface area contributed by atoms with Gasteiger partial charge in [-0.15, -0.1) is 0 Å². The third-order valence-corrected chi connectivity index (χ3v) is 5.55. The Morgan fingerprint density at radius 2 is 1.75 bits per heavy atom. The fourth-order valence-corrected chi connectivity index (χ4v) is 4.06. The van der Waals surface area contributed by atoms with E-state index in [1.54, 1.807) is 7.11 Å². The van der Waals surface area contributed by atoms with Crippen molar-refractivity contribution in [3.63, 3.8) is 0 Å². The molecule has 1 heterocycles. The van der Waals surface area contributed by atoms with Crippen LogP contribution in [0.2, 0.25) is 0 Å². The van der Waals surface area contributed by atoms with E-state index in [-0.39, 0.29) is 5.92 Å². The minimum atomic E-state index is 0.238. The largest absolute Gasteiger partial charge is 0.493 e. The number of hydrogen-bond donors (Lipinski definition) is 0. The smallest absolute Gasteiger partial charge is 0.161 e. The van der Waals surface area contributed by atoms with Gasteiger partial charge in [-0.3, -0.25) is 4.98 Å². The zero-order valence-electron chi connectivity index (χ0n) is 16.4. The Morgan fingerprint density at radius 1 is 0.929 bits per heavy atom. The molecule has 0 unspecified atom stereocenters. The second kappa shape index (κ2) is 8.92. The van der Waals surface area contributed by atoms with Crippen LogP contribution in [0, 0.1) is 0 Å². The number of nitrogens with zero attached hydrogens (tertiary/aromatic N) is 1. The van der Waals surface area contributed by atoms with E-state index in [1.807, 2.05) is 24.5 Å². The zero-order valence-corrected chi connectivity index (χ0v) is 16.4. The molecule has 0 radical (unpaired) electrons. The summed E-state index contributed by atoms with van der Waals surface area (Å²) in [6.45, 7) is 0. The molecular weight excluding hydrogens is 346 g/mol. The SMILES string of the molecule is COc1ccc([C@H](Cc2cccnc2)c2ccccc2)cc1OC1CCCC1. The van der Waals surface area contributed by atoms with Crippen molar-refractivity contribution in [3.05, 3.63) is 89.7 Å². The molecule has 1 aliphatic rings. The lowest BCUT2D eigenvalue weighted by Crippen LogP contribution is -2.12. The van der Waals surface area contributed by atoms with Gasteiger partial charge in [0, 0.05) is 18.3 Å². The van der Waals surface area contributed by atoms with E-state index in [0.29, 0.717) is 6.10 Å². The van der Waals surface area contributed by atoms with Gasteiger partial charge in [0.2, 0.25) is 0 Å². The molecule has 0 amide bonds. The quantitative estimate of drug-likeness (QED) is 0.525. The first-order valence-electron chi connectivity index (χ1n) is 10.1. The van der Waals surface area contributed by atoms with Gasteiger partial charge in [0.15, 0.2) is 11.5 Å². The summed E-state index contributed by atoms with van der Waals surface area (Å²) in [7, 11) is 1.71. The summed E-state index contributed by atoms with van der Waals surface area (Å²) in [5.74, 6) is 1.91. The summed E-state index contributed by atoms with van der Waals surface area (Å²) in [5, 5.41) is 0. The lowest BCUT2D eigenvalue weighted by atomic mass is 9.86. The lowest BCUT2D eigenvalue weighted by Gasteiger charge is -2.21. The maximum Gasteiger partial charge on any atom is 0.161 e. The maximum absolute atomic E-state index is 6.34. The summed E-state index contributed by atoms with van der Waals surface area (Å²) in [6, 6.07) is 21.2. The van der Waals surface area contributed by atoms with Gasteiger partial charge in [-0.2, -0.15) is 0 Å². The topological polar surface area (TPSA) is 31.4 Å². The van der Waals surface area contributed by atoms with Crippen LogP contribution in [0.25, 0.3) is 0 Å². The van der Waals surface area contributed by atoms with Crippen molar-refractivity contribution in [2.45, 2.75) is 44.1 Å². The monoisotopic (exact) mass is 373 g/mol. The van der Waals surface area contributed by atoms with E-state index >= 15 is 0 Å². The predicted molar refractivity (Wildman–Crippen MR) is 112 cm³/mol. The van der Waals surface area contributed by atoms with Gasteiger partial charge in [0.25, 0.3) is 0 Å². The highest BCUT2D eigenvalue weighted by molar-refractivity contribution is 5.47. The second-order valence-corrected chi connectivity index (χ2v) is 7.46. The van der Waals surface area contributed by atoms with Crippen LogP contribution in [0.5, 0.6) is 11.5 Å². The van der Waals surface area contributed by atoms with Crippen molar-refractivity contribution in [1.29, 1.82) is 0 Å². The Hall–Kier alpha value is -2.81. The van der Waals surface area contributed by atoms with Crippen LogP contribution in [0.1, 0.15) is 48.3 Å². The highest BCUT2D eigenvalue weighted by Crippen LogP contribution is 2.37. The van der Waals surface area contributed by atoms with Crippen LogP contribution >= 0.6 is 0 Å². The molecule has 1 aromatic heterocycles. The van der Waals surface area contributed by atoms with Crippen molar-refractivity contribution < 1.29 is 9.47 Å². The van der Waals surface area contributed by atoms with E-state index in [1.165, 1.54) is 29.5 Å². The molecule has 4 rings (SSSR count). The van der Waals surface area contributed by atoms with Crippen LogP contribution in [0.4, 0.5) is 0 Å². The number of pyridine rings is 1. The van der Waals surface area contributed by atoms with Crippen molar-refractivity contribution in [2.24, 2.45) is 0 Å². The van der Waals surface area contributed by atoms with Crippen molar-refractivity contribution in [2.75, 3.05) is 7.11 Å². The molecule has 1 aliphatic carbocycles. The normalized spacial score (nSPS) is 15.3. The third kappa shape index (κ3) is 4.36. The second-order valence-electron chi connectivity index (χ2n) is 7.46. The standard InChI is InChI=1S/C25H27NO2/c1-27-24-14-13-21(17-25(24)28-22-11-5-6-12-22)23(20-9-3-2-4-10-20)16-19-8-7-15-26-18-19/h2-4,7-10,13-15,17-18,22-23H,5-6,11-12,16H2,1H3/t23-/m1/s1. The Labute approximate surface area is 167 Å². The minimum Gasteiger partial charge on any atom is -0.493 e. The van der Waals surface area contributed by atoms with Crippen LogP contribution < -0.4 is 9.47 Å². The number of methoxy groups -OCH3 is 1. The number of benzene rings is 2. The molecule has 0 saturated heterocycles. The Morgan fingerprint density at radius 3 is 2.46 bits per heavy atom. The van der Waals surface area contributed by atoms with Gasteiger partial charge in [0.05, 0.1) is 13.2 Å². The molecule has 0 N–H and O–H groups in total. The molecule has 1 fully saturated rings. The van der Waals surface area contributed by atoms with Crippen LogP contribution in [-0.2, 0) is 6.42 Å². The molecule has 3 aromatic rings. The van der Waals surface area contributed by atoms with Crippen LogP contribution in [0.15, 0.2) is 73.1 Å². The predicted octanol–water partition coefficient (Wildman–Crippen LogP) is 5.79. The molecule has 0 spiro atoms. The summed E-state index contributed by atoms with van der Waals surface area (Å²) in [4.78, 5) is 4.29. The van der Waals surface area contributed by atoms with Gasteiger partial charge < -0.3 is 9.47 Å². The fraction of sp³-hybridized carbons (Fsp3) is 0.320. The summed E-state index contributed by atoms with van der Waals surface area (Å²) < 4.78 is 11.9. The van der Waals surface area contributed by atoms with E-state index in [4.69, 9.17) is 9.47 Å². The molecule has 3 nitrogen and oxygen atoms in total. The first kappa shape index (κ1) is 18.5. The number of aromatic nitrogens is 1. The summed E-state index contributed by atoms with van der Waals surface area (Å²) in [6.07, 6.45) is 9.74. The summed E-state index contributed by atoms with van der Waals surface area (Å²) in [5.41, 5.74) is 3.76. The number of rotatable bonds is 7. The first-order chi connectivity index (χ1) is 13.8. The third-order valence-electron chi connectivity index (χ3n) is 5.55. The van der Waals surface area contributed by atoms with E-state index in [0.717, 1.165) is 30.8 Å². The minimum absolute atomic E-state index is 0.238. The van der Waals surface area contributed by atoms with E-state index in [2.05, 4.69) is 53.5 Å². The Balaban J connectivity index is 1.68. The molecule has 0 bridgehead atoms. The van der Waals surface area contributed by atoms with Gasteiger partial charge in [-0.1, -0.05) is 42.5 Å². The Bertz CT molecular complexity index is 874. The summed E-state index contributed by atoms with van der Waals surface area (Å²) >= 11 is 0. The molecular formula is C25H27NO2. The van der Waals surface area contributed by atoms with Crippen LogP contribution in [-0.4, -0.2) is 18.2 Å². The van der Waals surface area contributed by atoms with Crippen molar-refractivity contribution in [1.82, 2.24) is 4.98 Å². The van der Waals surface area contributed by atoms with Crippen molar-refractivity contribution in [3.8, 4) is 11.5 Å². The van der Waals surface area contributed by atoms with E-state index < -0.39 is 0 Å². The lowest BCUT2D eigenvalue weighted by molar-refractivity contribution is 0.200. The molecule has 0 aliphatic heterocycles. The van der Waals surface area contributed by atoms with Gasteiger partial charge in [-0.05, 0) is 67.0 Å². The first-order valence-corrected chi connectivity index (χ1v) is 10.1.